The molecule has 5 nitrogen and oxygen atoms in total. The molecule has 0 aliphatic heterocycles. The first-order valence-corrected chi connectivity index (χ1v) is 4.48. The molecule has 0 unspecified atom stereocenters. The molecular weight excluding hydrogens is 186 g/mol. The van der Waals surface area contributed by atoms with Crippen molar-refractivity contribution in [3.05, 3.63) is 0 Å². The lowest BCUT2D eigenvalue weighted by Crippen LogP contribution is -2.27. The normalized spacial score (nSPS) is 9.29. The van der Waals surface area contributed by atoms with Crippen LogP contribution in [-0.4, -0.2) is 30.8 Å². The number of esters is 1. The molecule has 0 bridgehead atoms. The number of amides is 1. The SMILES string of the molecule is CCOC(=O)CCC(=O)CNC(C)=O. The largest absolute Gasteiger partial charge is 0.466 e. The molecule has 0 spiro atoms. The first-order valence-electron chi connectivity index (χ1n) is 4.48. The molecule has 14 heavy (non-hydrogen) atoms. The fourth-order valence-electron chi connectivity index (χ4n) is 0.786. The summed E-state index contributed by atoms with van der Waals surface area (Å²) in [5.74, 6) is -0.814. The lowest BCUT2D eigenvalue weighted by molar-refractivity contribution is -0.144. The van der Waals surface area contributed by atoms with Gasteiger partial charge in [0.05, 0.1) is 19.6 Å². The summed E-state index contributed by atoms with van der Waals surface area (Å²) in [6, 6.07) is 0. The van der Waals surface area contributed by atoms with Gasteiger partial charge >= 0.3 is 5.97 Å². The highest BCUT2D eigenvalue weighted by molar-refractivity contribution is 5.87. The molecule has 80 valence electrons. The summed E-state index contributed by atoms with van der Waals surface area (Å²) in [5.41, 5.74) is 0. The Morgan fingerprint density at radius 1 is 1.21 bits per heavy atom. The minimum absolute atomic E-state index is 0.0191. The summed E-state index contributed by atoms with van der Waals surface area (Å²) in [7, 11) is 0. The van der Waals surface area contributed by atoms with Crippen molar-refractivity contribution in [1.29, 1.82) is 0 Å². The van der Waals surface area contributed by atoms with E-state index >= 15 is 0 Å². The molecule has 0 atom stereocenters. The summed E-state index contributed by atoms with van der Waals surface area (Å²) in [5, 5.41) is 2.36. The van der Waals surface area contributed by atoms with E-state index in [0.717, 1.165) is 0 Å². The highest BCUT2D eigenvalue weighted by Crippen LogP contribution is 1.93. The summed E-state index contributed by atoms with van der Waals surface area (Å²) in [6.45, 7) is 3.34. The molecule has 1 N–H and O–H groups in total. The van der Waals surface area contributed by atoms with Crippen LogP contribution in [0.3, 0.4) is 0 Å². The Morgan fingerprint density at radius 3 is 2.36 bits per heavy atom. The number of ketones is 1. The van der Waals surface area contributed by atoms with Crippen molar-refractivity contribution >= 4 is 17.7 Å². The third kappa shape index (κ3) is 7.27. The average Bonchev–Trinajstić information content (AvgIpc) is 2.12. The summed E-state index contributed by atoms with van der Waals surface area (Å²) in [4.78, 5) is 32.3. The predicted molar refractivity (Wildman–Crippen MR) is 49.6 cm³/mol. The van der Waals surface area contributed by atoms with E-state index in [2.05, 4.69) is 10.1 Å². The number of carbonyl (C=O) groups is 3. The number of hydrogen-bond donors (Lipinski definition) is 1. The van der Waals surface area contributed by atoms with Gasteiger partial charge in [0.2, 0.25) is 5.91 Å². The van der Waals surface area contributed by atoms with Crippen LogP contribution in [0.4, 0.5) is 0 Å². The van der Waals surface area contributed by atoms with E-state index in [0.29, 0.717) is 6.61 Å². The third-order valence-corrected chi connectivity index (χ3v) is 1.45. The Kier molecular flexibility index (Phi) is 6.36. The summed E-state index contributed by atoms with van der Waals surface area (Å²) in [6.07, 6.45) is 0.186. The molecule has 0 aliphatic carbocycles. The maximum atomic E-state index is 11.0. The summed E-state index contributed by atoms with van der Waals surface area (Å²) >= 11 is 0. The van der Waals surface area contributed by atoms with Gasteiger partial charge in [-0.3, -0.25) is 14.4 Å². The maximum Gasteiger partial charge on any atom is 0.306 e. The molecule has 5 heteroatoms. The van der Waals surface area contributed by atoms with E-state index in [4.69, 9.17) is 0 Å². The molecule has 0 aromatic heterocycles. The predicted octanol–water partition coefficient (Wildman–Crippen LogP) is 0.0349. The van der Waals surface area contributed by atoms with Crippen LogP contribution in [0.5, 0.6) is 0 Å². The van der Waals surface area contributed by atoms with Crippen molar-refractivity contribution in [1.82, 2.24) is 5.32 Å². The standard InChI is InChI=1S/C9H15NO4/c1-3-14-9(13)5-4-8(12)6-10-7(2)11/h3-6H2,1-2H3,(H,10,11). The van der Waals surface area contributed by atoms with Crippen LogP contribution >= 0.6 is 0 Å². The van der Waals surface area contributed by atoms with Gasteiger partial charge < -0.3 is 10.1 Å². The van der Waals surface area contributed by atoms with Crippen molar-refractivity contribution in [2.24, 2.45) is 0 Å². The van der Waals surface area contributed by atoms with Crippen LogP contribution in [0.1, 0.15) is 26.7 Å². The van der Waals surface area contributed by atoms with Crippen molar-refractivity contribution in [3.8, 4) is 0 Å². The zero-order valence-electron chi connectivity index (χ0n) is 8.46. The Morgan fingerprint density at radius 2 is 1.86 bits per heavy atom. The molecule has 0 fully saturated rings. The Hall–Kier alpha value is -1.39. The number of Topliss-reactive ketones (excluding diaryl/α,β-unsaturated/α-hetero) is 1. The van der Waals surface area contributed by atoms with E-state index in [-0.39, 0.29) is 37.0 Å². The van der Waals surface area contributed by atoms with Gasteiger partial charge in [-0.05, 0) is 6.92 Å². The molecule has 0 heterocycles. The molecule has 0 saturated heterocycles. The first-order chi connectivity index (χ1) is 6.56. The quantitative estimate of drug-likeness (QED) is 0.615. The van der Waals surface area contributed by atoms with Gasteiger partial charge in [0.25, 0.3) is 0 Å². The van der Waals surface area contributed by atoms with E-state index in [1.54, 1.807) is 6.92 Å². The lowest BCUT2D eigenvalue weighted by atomic mass is 10.2. The van der Waals surface area contributed by atoms with Crippen LogP contribution in [-0.2, 0) is 19.1 Å². The van der Waals surface area contributed by atoms with Gasteiger partial charge in [0, 0.05) is 13.3 Å². The number of hydrogen-bond acceptors (Lipinski definition) is 4. The fraction of sp³-hybridized carbons (Fsp3) is 0.667. The minimum Gasteiger partial charge on any atom is -0.466 e. The second-order valence-electron chi connectivity index (χ2n) is 2.75. The first kappa shape index (κ1) is 12.6. The number of carbonyl (C=O) groups excluding carboxylic acids is 3. The second-order valence-corrected chi connectivity index (χ2v) is 2.75. The van der Waals surface area contributed by atoms with Crippen LogP contribution in [0.25, 0.3) is 0 Å². The maximum absolute atomic E-state index is 11.0. The molecule has 0 radical (unpaired) electrons. The zero-order chi connectivity index (χ0) is 11.0. The number of ether oxygens (including phenoxy) is 1. The van der Waals surface area contributed by atoms with E-state index in [9.17, 15) is 14.4 Å². The topological polar surface area (TPSA) is 72.5 Å². The smallest absolute Gasteiger partial charge is 0.306 e. The molecular formula is C9H15NO4. The Balaban J connectivity index is 3.53. The van der Waals surface area contributed by atoms with Gasteiger partial charge in [-0.25, -0.2) is 0 Å². The number of nitrogens with one attached hydrogen (secondary N) is 1. The monoisotopic (exact) mass is 201 g/mol. The van der Waals surface area contributed by atoms with Gasteiger partial charge in [-0.1, -0.05) is 0 Å². The van der Waals surface area contributed by atoms with E-state index in [1.807, 2.05) is 0 Å². The van der Waals surface area contributed by atoms with Crippen molar-refractivity contribution in [2.45, 2.75) is 26.7 Å². The number of rotatable bonds is 6. The zero-order valence-corrected chi connectivity index (χ0v) is 8.46. The molecule has 0 aromatic carbocycles. The van der Waals surface area contributed by atoms with Gasteiger partial charge in [0.15, 0.2) is 5.78 Å². The molecule has 1 amide bonds. The van der Waals surface area contributed by atoms with E-state index in [1.165, 1.54) is 6.92 Å². The van der Waals surface area contributed by atoms with Crippen LogP contribution in [0.15, 0.2) is 0 Å². The molecule has 0 aliphatic rings. The highest BCUT2D eigenvalue weighted by Gasteiger charge is 2.07. The third-order valence-electron chi connectivity index (χ3n) is 1.45. The van der Waals surface area contributed by atoms with Crippen LogP contribution < -0.4 is 5.32 Å². The fourth-order valence-corrected chi connectivity index (χ4v) is 0.786. The van der Waals surface area contributed by atoms with Crippen molar-refractivity contribution < 1.29 is 19.1 Å². The molecule has 0 saturated carbocycles. The Bertz CT molecular complexity index is 225. The molecule has 0 rings (SSSR count). The summed E-state index contributed by atoms with van der Waals surface area (Å²) < 4.78 is 4.64. The van der Waals surface area contributed by atoms with Crippen LogP contribution in [0, 0.1) is 0 Å². The van der Waals surface area contributed by atoms with Gasteiger partial charge in [-0.15, -0.1) is 0 Å². The minimum atomic E-state index is -0.385. The van der Waals surface area contributed by atoms with Crippen LogP contribution in [0.2, 0.25) is 0 Å². The lowest BCUT2D eigenvalue weighted by Gasteiger charge is -2.02. The second kappa shape index (κ2) is 7.06. The van der Waals surface area contributed by atoms with E-state index < -0.39 is 0 Å². The average molecular weight is 201 g/mol. The van der Waals surface area contributed by atoms with Crippen molar-refractivity contribution in [2.75, 3.05) is 13.2 Å². The van der Waals surface area contributed by atoms with Gasteiger partial charge in [-0.2, -0.15) is 0 Å². The molecule has 0 aromatic rings. The van der Waals surface area contributed by atoms with Crippen molar-refractivity contribution in [3.63, 3.8) is 0 Å². The highest BCUT2D eigenvalue weighted by atomic mass is 16.5. The Labute approximate surface area is 82.8 Å². The van der Waals surface area contributed by atoms with Gasteiger partial charge in [0.1, 0.15) is 0 Å².